The first-order valence-corrected chi connectivity index (χ1v) is 26.5. The number of rotatable bonds is 14. The predicted molar refractivity (Wildman–Crippen MR) is 259 cm³/mol. The Morgan fingerprint density at radius 2 is 1.77 bits per heavy atom. The van der Waals surface area contributed by atoms with Gasteiger partial charge in [-0.25, -0.2) is 22.5 Å². The van der Waals surface area contributed by atoms with Gasteiger partial charge in [0.2, 0.25) is 0 Å². The number of carbonyl (C=O) groups is 1. The highest BCUT2D eigenvalue weighted by Crippen LogP contribution is 2.51. The quantitative estimate of drug-likeness (QED) is 0.0473. The highest BCUT2D eigenvalue weighted by Gasteiger charge is 2.35. The molecule has 66 heavy (non-hydrogen) atoms. The summed E-state index contributed by atoms with van der Waals surface area (Å²) < 4.78 is 52.1. The van der Waals surface area contributed by atoms with Crippen LogP contribution in [0.2, 0.25) is 5.02 Å². The fourth-order valence-corrected chi connectivity index (χ4v) is 11.8. The lowest BCUT2D eigenvalue weighted by Crippen LogP contribution is -2.47. The van der Waals surface area contributed by atoms with Crippen LogP contribution in [0.5, 0.6) is 11.5 Å². The van der Waals surface area contributed by atoms with Crippen molar-refractivity contribution in [1.82, 2.24) is 24.5 Å². The Kier molecular flexibility index (Phi) is 13.8. The third kappa shape index (κ3) is 11.2. The molecular weight excluding hydrogens is 906 g/mol. The Morgan fingerprint density at radius 1 is 1.05 bits per heavy atom. The van der Waals surface area contributed by atoms with Gasteiger partial charge in [0, 0.05) is 87.1 Å². The summed E-state index contributed by atoms with van der Waals surface area (Å²) in [5, 5.41) is 16.8. The molecule has 350 valence electrons. The van der Waals surface area contributed by atoms with Crippen molar-refractivity contribution in [3.05, 3.63) is 117 Å². The number of hydrogen-bond donors (Lipinski definition) is 4. The molecule has 2 fully saturated rings. The van der Waals surface area contributed by atoms with E-state index in [-0.39, 0.29) is 34.3 Å². The summed E-state index contributed by atoms with van der Waals surface area (Å²) in [7, 11) is -6.61. The highest BCUT2D eigenvalue weighted by molar-refractivity contribution is 7.90. The number of H-pyrrole nitrogens is 1. The molecule has 0 unspecified atom stereocenters. The number of allylic oxidation sites excluding steroid dienone is 1. The number of benzene rings is 3. The largest absolute Gasteiger partial charge is 0.455 e. The summed E-state index contributed by atoms with van der Waals surface area (Å²) in [6.07, 6.45) is 7.60. The molecule has 1 amide bonds. The fraction of sp³-hybridized carbons (Fsp3) is 0.404. The lowest BCUT2D eigenvalue weighted by molar-refractivity contribution is -0.384. The van der Waals surface area contributed by atoms with Gasteiger partial charge in [0.05, 0.1) is 46.3 Å². The van der Waals surface area contributed by atoms with Crippen LogP contribution >= 0.6 is 19.1 Å². The smallest absolute Gasteiger partial charge is 0.293 e. The predicted octanol–water partition coefficient (Wildman–Crippen LogP) is 8.63. The minimum atomic E-state index is -4.73. The highest BCUT2D eigenvalue weighted by atomic mass is 35.5. The van der Waals surface area contributed by atoms with E-state index in [9.17, 15) is 28.2 Å². The number of nitrogens with zero attached hydrogens (tertiary/aromatic N) is 5. The number of sulfonamides is 1. The number of nitro benzene ring substituents is 1. The van der Waals surface area contributed by atoms with Gasteiger partial charge in [0.25, 0.3) is 21.6 Å². The van der Waals surface area contributed by atoms with Crippen molar-refractivity contribution in [2.75, 3.05) is 81.6 Å². The number of aromatic amines is 1. The van der Waals surface area contributed by atoms with Gasteiger partial charge in [-0.15, -0.1) is 0 Å². The Morgan fingerprint density at radius 3 is 2.48 bits per heavy atom. The molecular formula is C47H56ClFN8O7PS+. The number of amides is 1. The van der Waals surface area contributed by atoms with Gasteiger partial charge in [-0.3, -0.25) is 29.6 Å². The molecule has 4 heterocycles. The zero-order valence-corrected chi connectivity index (χ0v) is 40.0. The van der Waals surface area contributed by atoms with Crippen molar-refractivity contribution in [2.24, 2.45) is 5.41 Å². The first-order valence-electron chi connectivity index (χ1n) is 22.1. The summed E-state index contributed by atoms with van der Waals surface area (Å²) >= 11 is 6.23. The number of nitro groups is 1. The molecule has 3 aliphatic rings. The summed E-state index contributed by atoms with van der Waals surface area (Å²) in [6, 6.07) is 17.0. The zero-order valence-electron chi connectivity index (χ0n) is 37.5. The van der Waals surface area contributed by atoms with Gasteiger partial charge < -0.3 is 19.9 Å². The van der Waals surface area contributed by atoms with Crippen molar-refractivity contribution in [3.8, 4) is 11.5 Å². The third-order valence-corrected chi connectivity index (χ3v) is 16.7. The number of pyridine rings is 1. The SMILES string of the molecule is C[C@@H](CN1CC[P+](C)(O)CC1)Nc1ccc(S(=O)(=O)NC(=O)c2cc(F)c(N3CCN(CC4=C(c5ccc(Cl)cc5)CC(C)(C)CC4)CC3)cc2Oc2cnc3[nH]ccc3c2)cc1[N+](=O)[O-]. The molecule has 3 aromatic carbocycles. The van der Waals surface area contributed by atoms with Crippen LogP contribution < -0.4 is 19.7 Å². The van der Waals surface area contributed by atoms with Crippen LogP contribution in [-0.4, -0.2) is 121 Å². The number of piperazine rings is 1. The number of fused-ring (bicyclic) bond motifs is 1. The van der Waals surface area contributed by atoms with E-state index >= 15 is 4.39 Å². The number of hydrogen-bond acceptors (Lipinski definition) is 12. The number of carbonyl (C=O) groups excluding carboxylic acids is 1. The number of aromatic nitrogens is 2. The van der Waals surface area contributed by atoms with E-state index in [4.69, 9.17) is 16.3 Å². The maximum atomic E-state index is 16.4. The van der Waals surface area contributed by atoms with E-state index in [0.717, 1.165) is 37.9 Å². The van der Waals surface area contributed by atoms with Crippen LogP contribution in [0.4, 0.5) is 21.5 Å². The van der Waals surface area contributed by atoms with E-state index in [0.29, 0.717) is 74.2 Å². The van der Waals surface area contributed by atoms with Crippen LogP contribution in [-0.2, 0) is 10.0 Å². The second-order valence-electron chi connectivity index (χ2n) is 18.7. The average molecular weight is 963 g/mol. The fourth-order valence-electron chi connectivity index (χ4n) is 9.04. The molecule has 0 spiro atoms. The number of halogens is 2. The molecule has 1 aliphatic carbocycles. The van der Waals surface area contributed by atoms with Crippen LogP contribution in [0.1, 0.15) is 56.0 Å². The van der Waals surface area contributed by atoms with Gasteiger partial charge >= 0.3 is 0 Å². The monoisotopic (exact) mass is 961 g/mol. The summed E-state index contributed by atoms with van der Waals surface area (Å²) in [5.41, 5.74) is 4.07. The Balaban J connectivity index is 1.01. The molecule has 2 aromatic heterocycles. The molecule has 15 nitrogen and oxygen atoms in total. The second-order valence-corrected chi connectivity index (χ2v) is 24.4. The Bertz CT molecular complexity index is 2770. The summed E-state index contributed by atoms with van der Waals surface area (Å²) in [6.45, 7) is 13.4. The third-order valence-electron chi connectivity index (χ3n) is 12.8. The molecule has 0 bridgehead atoms. The normalized spacial score (nSPS) is 18.6. The van der Waals surface area contributed by atoms with Crippen molar-refractivity contribution in [1.29, 1.82) is 0 Å². The van der Waals surface area contributed by atoms with Crippen LogP contribution in [0.25, 0.3) is 16.6 Å². The van der Waals surface area contributed by atoms with Crippen LogP contribution in [0, 0.1) is 21.3 Å². The van der Waals surface area contributed by atoms with Crippen LogP contribution in [0.3, 0.4) is 0 Å². The summed E-state index contributed by atoms with van der Waals surface area (Å²) in [4.78, 5) is 49.2. The molecule has 0 saturated carbocycles. The minimum Gasteiger partial charge on any atom is -0.455 e. The number of nitrogens with one attached hydrogen (secondary N) is 3. The Hall–Kier alpha value is -5.16. The zero-order chi connectivity index (χ0) is 47.0. The second kappa shape index (κ2) is 19.2. The van der Waals surface area contributed by atoms with Crippen molar-refractivity contribution in [3.63, 3.8) is 0 Å². The lowest BCUT2D eigenvalue weighted by atomic mass is 9.72. The lowest BCUT2D eigenvalue weighted by Gasteiger charge is -2.39. The number of anilines is 2. The van der Waals surface area contributed by atoms with Crippen molar-refractivity contribution >= 4 is 68.7 Å². The molecule has 1 atom stereocenters. The van der Waals surface area contributed by atoms with Gasteiger partial charge in [0.1, 0.15) is 36.1 Å². The maximum Gasteiger partial charge on any atom is 0.293 e. The van der Waals surface area contributed by atoms with E-state index < -0.39 is 50.3 Å². The molecule has 5 aromatic rings. The first kappa shape index (κ1) is 47.3. The maximum absolute atomic E-state index is 16.4. The first-order chi connectivity index (χ1) is 31.3. The Labute approximate surface area is 390 Å². The average Bonchev–Trinajstić information content (AvgIpc) is 3.74. The topological polar surface area (TPSA) is 186 Å². The van der Waals surface area contributed by atoms with Crippen molar-refractivity contribution < 1.29 is 32.2 Å². The number of ether oxygens (including phenoxy) is 1. The molecule has 4 N–H and O–H groups in total. The standard InChI is InChI=1S/C47H55ClFN8O7PS/c1-31(29-55-19-21-65(4,61)22-20-55)52-41-10-9-37(24-43(41)57(59)60)66(62,63)53-46(58)38-25-40(49)42(26-44(38)64-36-23-33-12-14-50-45(33)51-28-36)56-17-15-54(16-18-56)30-34-11-13-47(2,3)27-39(34)32-5-7-35(48)8-6-32/h5-10,12,14,23-26,28,31,52,61H,11,13,15-22,27,29-30H2,1-4H3,(H-,50,51,53,58)/p+1/t31-/m0/s1. The van der Waals surface area contributed by atoms with E-state index in [2.05, 4.69) is 51.1 Å². The van der Waals surface area contributed by atoms with Gasteiger partial charge in [-0.1, -0.05) is 43.2 Å². The molecule has 0 radical (unpaired) electrons. The minimum absolute atomic E-state index is 0.106. The van der Waals surface area contributed by atoms with E-state index in [1.54, 1.807) is 18.3 Å². The van der Waals surface area contributed by atoms with Gasteiger partial charge in [-0.2, -0.15) is 0 Å². The molecule has 19 heteroatoms. The van der Waals surface area contributed by atoms with E-state index in [1.165, 1.54) is 41.1 Å². The van der Waals surface area contributed by atoms with Gasteiger partial charge in [-0.05, 0) is 85.2 Å². The van der Waals surface area contributed by atoms with Crippen LogP contribution in [0.15, 0.2) is 89.6 Å². The summed E-state index contributed by atoms with van der Waals surface area (Å²) in [5.74, 6) is -1.84. The molecule has 2 saturated heterocycles. The van der Waals surface area contributed by atoms with Crippen molar-refractivity contribution in [2.45, 2.75) is 51.0 Å². The molecule has 2 aliphatic heterocycles. The van der Waals surface area contributed by atoms with Gasteiger partial charge in [0.15, 0.2) is 0 Å². The van der Waals surface area contributed by atoms with E-state index in [1.807, 2.05) is 35.3 Å². The molecule has 8 rings (SSSR count).